The van der Waals surface area contributed by atoms with Gasteiger partial charge >= 0.3 is 6.18 Å². The van der Waals surface area contributed by atoms with E-state index in [4.69, 9.17) is 0 Å². The number of amides is 1. The molecule has 1 aromatic carbocycles. The van der Waals surface area contributed by atoms with E-state index in [0.29, 0.717) is 31.7 Å². The molecular formula is C23H26F3N3O. The fourth-order valence-corrected chi connectivity index (χ4v) is 4.56. The Labute approximate surface area is 174 Å². The zero-order chi connectivity index (χ0) is 21.1. The zero-order valence-corrected chi connectivity index (χ0v) is 16.8. The summed E-state index contributed by atoms with van der Waals surface area (Å²) in [6.07, 6.45) is 0.877. The minimum absolute atomic E-state index is 0.0212. The van der Waals surface area contributed by atoms with E-state index in [2.05, 4.69) is 22.0 Å². The Morgan fingerprint density at radius 3 is 2.37 bits per heavy atom. The molecule has 1 atom stereocenters. The quantitative estimate of drug-likeness (QED) is 0.732. The Morgan fingerprint density at radius 2 is 1.73 bits per heavy atom. The normalized spacial score (nSPS) is 20.6. The first-order chi connectivity index (χ1) is 14.4. The van der Waals surface area contributed by atoms with Gasteiger partial charge in [0.1, 0.15) is 5.82 Å². The topological polar surface area (TPSA) is 36.4 Å². The molecule has 160 valence electrons. The van der Waals surface area contributed by atoms with Gasteiger partial charge in [0, 0.05) is 37.8 Å². The highest BCUT2D eigenvalue weighted by Gasteiger charge is 2.35. The lowest BCUT2D eigenvalue weighted by atomic mass is 9.94. The minimum atomic E-state index is -4.38. The van der Waals surface area contributed by atoms with Gasteiger partial charge in [-0.15, -0.1) is 0 Å². The summed E-state index contributed by atoms with van der Waals surface area (Å²) in [6, 6.07) is 13.0. The molecule has 1 aromatic heterocycles. The van der Waals surface area contributed by atoms with Gasteiger partial charge in [-0.05, 0) is 49.8 Å². The number of rotatable bonds is 4. The molecule has 4 rings (SSSR count). The number of hydrogen-bond donors (Lipinski definition) is 0. The number of hydrogen-bond acceptors (Lipinski definition) is 3. The van der Waals surface area contributed by atoms with Crippen molar-refractivity contribution in [2.24, 2.45) is 5.92 Å². The van der Waals surface area contributed by atoms with Crippen LogP contribution in [-0.2, 0) is 17.4 Å². The predicted octanol–water partition coefficient (Wildman–Crippen LogP) is 4.55. The number of halogens is 3. The lowest BCUT2D eigenvalue weighted by molar-refractivity contribution is -0.138. The summed E-state index contributed by atoms with van der Waals surface area (Å²) in [5, 5.41) is 0. The molecule has 0 aliphatic carbocycles. The largest absolute Gasteiger partial charge is 0.417 e. The summed E-state index contributed by atoms with van der Waals surface area (Å²) >= 11 is 0. The second-order valence-electron chi connectivity index (χ2n) is 8.18. The van der Waals surface area contributed by atoms with Crippen LogP contribution in [0.15, 0.2) is 48.7 Å². The van der Waals surface area contributed by atoms with Crippen molar-refractivity contribution >= 4 is 11.7 Å². The zero-order valence-electron chi connectivity index (χ0n) is 16.8. The standard InChI is InChI=1S/C23H26F3N3O/c24-23(25,26)19-8-9-21(27-16-19)28-13-10-18(11-14-28)22(30)29-12-4-7-20(29)15-17-5-2-1-3-6-17/h1-3,5-6,8-9,16,18,20H,4,7,10-15H2. The van der Waals surface area contributed by atoms with Gasteiger partial charge in [-0.3, -0.25) is 4.79 Å². The molecule has 2 aromatic rings. The van der Waals surface area contributed by atoms with Crippen molar-refractivity contribution in [3.63, 3.8) is 0 Å². The fourth-order valence-electron chi connectivity index (χ4n) is 4.56. The maximum atomic E-state index is 13.2. The SMILES string of the molecule is O=C(C1CCN(c2ccc(C(F)(F)F)cn2)CC1)N1CCCC1Cc1ccccc1. The van der Waals surface area contributed by atoms with Crippen molar-refractivity contribution in [2.75, 3.05) is 24.5 Å². The third kappa shape index (κ3) is 4.60. The Bertz CT molecular complexity index is 846. The van der Waals surface area contributed by atoms with Crippen molar-refractivity contribution < 1.29 is 18.0 Å². The van der Waals surface area contributed by atoms with Gasteiger partial charge in [-0.1, -0.05) is 30.3 Å². The maximum Gasteiger partial charge on any atom is 0.417 e. The molecule has 1 amide bonds. The molecule has 0 bridgehead atoms. The molecule has 4 nitrogen and oxygen atoms in total. The smallest absolute Gasteiger partial charge is 0.357 e. The number of aromatic nitrogens is 1. The summed E-state index contributed by atoms with van der Waals surface area (Å²) in [4.78, 5) is 21.2. The van der Waals surface area contributed by atoms with Crippen LogP contribution in [0.25, 0.3) is 0 Å². The van der Waals surface area contributed by atoms with E-state index in [9.17, 15) is 18.0 Å². The van der Waals surface area contributed by atoms with Gasteiger partial charge in [-0.2, -0.15) is 13.2 Å². The van der Waals surface area contributed by atoms with Gasteiger partial charge < -0.3 is 9.80 Å². The molecule has 0 radical (unpaired) electrons. The molecule has 0 spiro atoms. The van der Waals surface area contributed by atoms with Crippen molar-refractivity contribution in [1.82, 2.24) is 9.88 Å². The summed E-state index contributed by atoms with van der Waals surface area (Å²) in [5.41, 5.74) is 0.514. The second kappa shape index (κ2) is 8.66. The van der Waals surface area contributed by atoms with E-state index >= 15 is 0 Å². The summed E-state index contributed by atoms with van der Waals surface area (Å²) < 4.78 is 38.2. The highest BCUT2D eigenvalue weighted by Crippen LogP contribution is 2.31. The monoisotopic (exact) mass is 417 g/mol. The van der Waals surface area contributed by atoms with Crippen LogP contribution in [0.4, 0.5) is 19.0 Å². The van der Waals surface area contributed by atoms with Crippen LogP contribution in [-0.4, -0.2) is 41.5 Å². The molecule has 3 heterocycles. The van der Waals surface area contributed by atoms with Crippen molar-refractivity contribution in [2.45, 2.75) is 44.3 Å². The Balaban J connectivity index is 1.34. The first kappa shape index (κ1) is 20.7. The Morgan fingerprint density at radius 1 is 1.00 bits per heavy atom. The molecule has 2 aliphatic rings. The second-order valence-corrected chi connectivity index (χ2v) is 8.18. The van der Waals surface area contributed by atoms with Crippen molar-refractivity contribution in [3.8, 4) is 0 Å². The van der Waals surface area contributed by atoms with E-state index < -0.39 is 11.7 Å². The number of benzene rings is 1. The number of carbonyl (C=O) groups is 1. The summed E-state index contributed by atoms with van der Waals surface area (Å²) in [5.74, 6) is 0.748. The molecule has 7 heteroatoms. The third-order valence-corrected chi connectivity index (χ3v) is 6.22. The number of pyridine rings is 1. The van der Waals surface area contributed by atoms with Crippen molar-refractivity contribution in [1.29, 1.82) is 0 Å². The predicted molar refractivity (Wildman–Crippen MR) is 109 cm³/mol. The van der Waals surface area contributed by atoms with E-state index in [1.165, 1.54) is 11.6 Å². The van der Waals surface area contributed by atoms with Crippen LogP contribution in [0.3, 0.4) is 0 Å². The molecule has 30 heavy (non-hydrogen) atoms. The van der Waals surface area contributed by atoms with Crippen LogP contribution in [0, 0.1) is 5.92 Å². The number of nitrogens with zero attached hydrogens (tertiary/aromatic N) is 3. The van der Waals surface area contributed by atoms with Gasteiger partial charge in [0.05, 0.1) is 5.56 Å². The van der Waals surface area contributed by atoms with Crippen LogP contribution >= 0.6 is 0 Å². The van der Waals surface area contributed by atoms with Gasteiger partial charge in [0.15, 0.2) is 0 Å². The van der Waals surface area contributed by atoms with Crippen LogP contribution in [0.1, 0.15) is 36.8 Å². The highest BCUT2D eigenvalue weighted by atomic mass is 19.4. The fraction of sp³-hybridized carbons (Fsp3) is 0.478. The minimum Gasteiger partial charge on any atom is -0.357 e. The number of anilines is 1. The molecule has 0 saturated carbocycles. The van der Waals surface area contributed by atoms with Crippen molar-refractivity contribution in [3.05, 3.63) is 59.8 Å². The summed E-state index contributed by atoms with van der Waals surface area (Å²) in [6.45, 7) is 2.08. The highest BCUT2D eigenvalue weighted by molar-refractivity contribution is 5.80. The van der Waals surface area contributed by atoms with Gasteiger partial charge in [0.2, 0.25) is 5.91 Å². The molecule has 2 fully saturated rings. The number of carbonyl (C=O) groups excluding carboxylic acids is 1. The molecule has 1 unspecified atom stereocenters. The molecular weight excluding hydrogens is 391 g/mol. The maximum absolute atomic E-state index is 13.2. The third-order valence-electron chi connectivity index (χ3n) is 6.22. The Kier molecular flexibility index (Phi) is 5.97. The lowest BCUT2D eigenvalue weighted by Crippen LogP contribution is -2.45. The van der Waals surface area contributed by atoms with Crippen LogP contribution < -0.4 is 4.90 Å². The van der Waals surface area contributed by atoms with E-state index in [0.717, 1.165) is 38.1 Å². The molecule has 2 saturated heterocycles. The first-order valence-corrected chi connectivity index (χ1v) is 10.5. The number of piperidine rings is 1. The van der Waals surface area contributed by atoms with Crippen LogP contribution in [0.2, 0.25) is 0 Å². The number of alkyl halides is 3. The van der Waals surface area contributed by atoms with E-state index in [1.54, 1.807) is 0 Å². The summed E-state index contributed by atoms with van der Waals surface area (Å²) in [7, 11) is 0. The average molecular weight is 417 g/mol. The van der Waals surface area contributed by atoms with Gasteiger partial charge in [-0.25, -0.2) is 4.98 Å². The molecule has 0 N–H and O–H groups in total. The average Bonchev–Trinajstić information content (AvgIpc) is 3.21. The van der Waals surface area contributed by atoms with Crippen LogP contribution in [0.5, 0.6) is 0 Å². The van der Waals surface area contributed by atoms with E-state index in [-0.39, 0.29) is 17.9 Å². The first-order valence-electron chi connectivity index (χ1n) is 10.5. The molecule has 2 aliphatic heterocycles. The number of likely N-dealkylation sites (tertiary alicyclic amines) is 1. The van der Waals surface area contributed by atoms with Gasteiger partial charge in [0.25, 0.3) is 0 Å². The Hall–Kier alpha value is -2.57. The van der Waals surface area contributed by atoms with E-state index in [1.807, 2.05) is 23.1 Å². The lowest BCUT2D eigenvalue weighted by Gasteiger charge is -2.35.